The standard InChI is InChI=1S/C12H17N5O2/c1-12(2)10-6-13-3-8(10)7-16(12)11-14-4-9(5-15-11)17(18)19/h4-5,8,10,13H,3,6-7H2,1-2H3. The highest BCUT2D eigenvalue weighted by molar-refractivity contribution is 5.40. The number of fused-ring (bicyclic) bond motifs is 1. The summed E-state index contributed by atoms with van der Waals surface area (Å²) in [5.74, 6) is 1.77. The molecule has 19 heavy (non-hydrogen) atoms. The van der Waals surface area contributed by atoms with Crippen molar-refractivity contribution >= 4 is 11.6 Å². The third kappa shape index (κ3) is 1.85. The first-order valence-corrected chi connectivity index (χ1v) is 6.45. The van der Waals surface area contributed by atoms with Gasteiger partial charge in [0.2, 0.25) is 5.95 Å². The lowest BCUT2D eigenvalue weighted by atomic mass is 9.85. The fourth-order valence-electron chi connectivity index (χ4n) is 3.31. The molecule has 1 aromatic heterocycles. The molecule has 2 aliphatic heterocycles. The first kappa shape index (κ1) is 12.3. The summed E-state index contributed by atoms with van der Waals surface area (Å²) < 4.78 is 0. The summed E-state index contributed by atoms with van der Waals surface area (Å²) in [6.45, 7) is 7.33. The Morgan fingerprint density at radius 3 is 2.68 bits per heavy atom. The quantitative estimate of drug-likeness (QED) is 0.628. The van der Waals surface area contributed by atoms with Crippen LogP contribution in [-0.2, 0) is 0 Å². The van der Waals surface area contributed by atoms with Gasteiger partial charge in [-0.25, -0.2) is 9.97 Å². The van der Waals surface area contributed by atoms with Crippen LogP contribution in [0.1, 0.15) is 13.8 Å². The molecule has 3 heterocycles. The molecule has 2 fully saturated rings. The molecule has 0 amide bonds. The predicted octanol–water partition coefficient (Wildman–Crippen LogP) is 0.819. The molecule has 3 rings (SSSR count). The Bertz CT molecular complexity index is 501. The summed E-state index contributed by atoms with van der Waals surface area (Å²) >= 11 is 0. The van der Waals surface area contributed by atoms with Gasteiger partial charge in [0.05, 0.1) is 4.92 Å². The molecular formula is C12H17N5O2. The van der Waals surface area contributed by atoms with E-state index in [-0.39, 0.29) is 11.2 Å². The maximum atomic E-state index is 10.6. The second-order valence-electron chi connectivity index (χ2n) is 5.79. The molecule has 0 aliphatic carbocycles. The van der Waals surface area contributed by atoms with Crippen LogP contribution in [0.3, 0.4) is 0 Å². The number of nitrogens with one attached hydrogen (secondary N) is 1. The van der Waals surface area contributed by atoms with E-state index in [2.05, 4.69) is 34.0 Å². The first-order valence-electron chi connectivity index (χ1n) is 6.45. The van der Waals surface area contributed by atoms with Crippen LogP contribution in [-0.4, -0.2) is 40.1 Å². The number of anilines is 1. The molecule has 7 nitrogen and oxygen atoms in total. The summed E-state index contributed by atoms with van der Waals surface area (Å²) in [5, 5.41) is 14.0. The molecular weight excluding hydrogens is 246 g/mol. The van der Waals surface area contributed by atoms with E-state index in [9.17, 15) is 10.1 Å². The van der Waals surface area contributed by atoms with Crippen LogP contribution < -0.4 is 10.2 Å². The molecule has 2 unspecified atom stereocenters. The lowest BCUT2D eigenvalue weighted by molar-refractivity contribution is -0.385. The van der Waals surface area contributed by atoms with Crippen LogP contribution >= 0.6 is 0 Å². The molecule has 0 saturated carbocycles. The number of aromatic nitrogens is 2. The van der Waals surface area contributed by atoms with Crippen molar-refractivity contribution in [3.63, 3.8) is 0 Å². The van der Waals surface area contributed by atoms with Crippen LogP contribution in [0.4, 0.5) is 11.6 Å². The fourth-order valence-corrected chi connectivity index (χ4v) is 3.31. The van der Waals surface area contributed by atoms with E-state index < -0.39 is 4.92 Å². The van der Waals surface area contributed by atoms with E-state index in [1.54, 1.807) is 0 Å². The van der Waals surface area contributed by atoms with E-state index in [1.165, 1.54) is 12.4 Å². The average Bonchev–Trinajstić information content (AvgIpc) is 2.92. The molecule has 7 heteroatoms. The normalized spacial score (nSPS) is 28.4. The molecule has 2 saturated heterocycles. The zero-order valence-electron chi connectivity index (χ0n) is 11.0. The van der Waals surface area contributed by atoms with Crippen molar-refractivity contribution in [3.05, 3.63) is 22.5 Å². The number of rotatable bonds is 2. The van der Waals surface area contributed by atoms with Crippen molar-refractivity contribution in [3.8, 4) is 0 Å². The van der Waals surface area contributed by atoms with Crippen molar-refractivity contribution in [1.82, 2.24) is 15.3 Å². The second kappa shape index (κ2) is 4.12. The Hall–Kier alpha value is -1.76. The monoisotopic (exact) mass is 263 g/mol. The van der Waals surface area contributed by atoms with E-state index in [0.717, 1.165) is 19.6 Å². The highest BCUT2D eigenvalue weighted by atomic mass is 16.6. The Kier molecular flexibility index (Phi) is 2.67. The van der Waals surface area contributed by atoms with Crippen LogP contribution in [0.25, 0.3) is 0 Å². The number of nitrogens with zero attached hydrogens (tertiary/aromatic N) is 4. The van der Waals surface area contributed by atoms with E-state index in [4.69, 9.17) is 0 Å². The molecule has 0 radical (unpaired) electrons. The maximum absolute atomic E-state index is 10.6. The van der Waals surface area contributed by atoms with Gasteiger partial charge in [-0.3, -0.25) is 10.1 Å². The van der Waals surface area contributed by atoms with Crippen molar-refractivity contribution in [1.29, 1.82) is 0 Å². The van der Waals surface area contributed by atoms with Gasteiger partial charge in [-0.05, 0) is 25.7 Å². The van der Waals surface area contributed by atoms with E-state index >= 15 is 0 Å². The van der Waals surface area contributed by atoms with Crippen molar-refractivity contribution in [2.24, 2.45) is 11.8 Å². The van der Waals surface area contributed by atoms with E-state index in [1.807, 2.05) is 0 Å². The minimum absolute atomic E-state index is 0.0235. The van der Waals surface area contributed by atoms with E-state index in [0.29, 0.717) is 17.8 Å². The molecule has 0 bridgehead atoms. The van der Waals surface area contributed by atoms with Crippen LogP contribution in [0.5, 0.6) is 0 Å². The lowest BCUT2D eigenvalue weighted by Gasteiger charge is -2.35. The zero-order chi connectivity index (χ0) is 13.6. The van der Waals surface area contributed by atoms with Crippen LogP contribution in [0.15, 0.2) is 12.4 Å². The molecule has 0 spiro atoms. The zero-order valence-corrected chi connectivity index (χ0v) is 11.0. The second-order valence-corrected chi connectivity index (χ2v) is 5.79. The summed E-state index contributed by atoms with van der Waals surface area (Å²) in [7, 11) is 0. The lowest BCUT2D eigenvalue weighted by Crippen LogP contribution is -2.45. The molecule has 1 aromatic rings. The number of hydrogen-bond donors (Lipinski definition) is 1. The Morgan fingerprint density at radius 1 is 1.42 bits per heavy atom. The predicted molar refractivity (Wildman–Crippen MR) is 70.0 cm³/mol. The van der Waals surface area contributed by atoms with Gasteiger partial charge < -0.3 is 10.2 Å². The Balaban J connectivity index is 1.88. The first-order chi connectivity index (χ1) is 9.00. The smallest absolute Gasteiger partial charge is 0.305 e. The molecule has 2 aliphatic rings. The van der Waals surface area contributed by atoms with Gasteiger partial charge in [0.1, 0.15) is 12.4 Å². The maximum Gasteiger partial charge on any atom is 0.305 e. The summed E-state index contributed by atoms with van der Waals surface area (Å²) in [4.78, 5) is 20.6. The minimum atomic E-state index is -0.475. The Morgan fingerprint density at radius 2 is 2.11 bits per heavy atom. The summed E-state index contributed by atoms with van der Waals surface area (Å²) in [6.07, 6.45) is 2.57. The third-order valence-electron chi connectivity index (χ3n) is 4.44. The fraction of sp³-hybridized carbons (Fsp3) is 0.667. The highest BCUT2D eigenvalue weighted by Crippen LogP contribution is 2.41. The molecule has 0 aromatic carbocycles. The van der Waals surface area contributed by atoms with Gasteiger partial charge in [0.25, 0.3) is 0 Å². The van der Waals surface area contributed by atoms with Crippen molar-refractivity contribution < 1.29 is 4.92 Å². The third-order valence-corrected chi connectivity index (χ3v) is 4.44. The van der Waals surface area contributed by atoms with Gasteiger partial charge in [0, 0.05) is 25.2 Å². The van der Waals surface area contributed by atoms with Gasteiger partial charge >= 0.3 is 5.69 Å². The highest BCUT2D eigenvalue weighted by Gasteiger charge is 2.50. The summed E-state index contributed by atoms with van der Waals surface area (Å²) in [6, 6.07) is 0. The van der Waals surface area contributed by atoms with Crippen molar-refractivity contribution in [2.75, 3.05) is 24.5 Å². The minimum Gasteiger partial charge on any atom is -0.335 e. The van der Waals surface area contributed by atoms with Crippen molar-refractivity contribution in [2.45, 2.75) is 19.4 Å². The topological polar surface area (TPSA) is 84.2 Å². The van der Waals surface area contributed by atoms with Gasteiger partial charge in [-0.2, -0.15) is 0 Å². The number of nitro groups is 1. The van der Waals surface area contributed by atoms with Gasteiger partial charge in [-0.15, -0.1) is 0 Å². The SMILES string of the molecule is CC1(C)C2CNCC2CN1c1ncc([N+](=O)[O-])cn1. The largest absolute Gasteiger partial charge is 0.335 e. The molecule has 1 N–H and O–H groups in total. The number of hydrogen-bond acceptors (Lipinski definition) is 6. The molecule has 2 atom stereocenters. The van der Waals surface area contributed by atoms with Gasteiger partial charge in [-0.1, -0.05) is 0 Å². The summed E-state index contributed by atoms with van der Waals surface area (Å²) in [5.41, 5.74) is -0.0905. The van der Waals surface area contributed by atoms with Crippen LogP contribution in [0.2, 0.25) is 0 Å². The van der Waals surface area contributed by atoms with Gasteiger partial charge in [0.15, 0.2) is 0 Å². The Labute approximate surface area is 111 Å². The average molecular weight is 263 g/mol. The van der Waals surface area contributed by atoms with Crippen LogP contribution in [0, 0.1) is 22.0 Å². The molecule has 102 valence electrons.